The van der Waals surface area contributed by atoms with Gasteiger partial charge in [0.2, 0.25) is 0 Å². The Bertz CT molecular complexity index is 1450. The monoisotopic (exact) mass is 485 g/mol. The van der Waals surface area contributed by atoms with Crippen LogP contribution in [0.2, 0.25) is 0 Å². The minimum Gasteiger partial charge on any atom is -0.496 e. The second-order valence-electron chi connectivity index (χ2n) is 9.50. The fourth-order valence-corrected chi connectivity index (χ4v) is 5.38. The quantitative estimate of drug-likeness (QED) is 0.347. The van der Waals surface area contributed by atoms with E-state index in [1.807, 2.05) is 18.2 Å². The molecule has 0 saturated carbocycles. The number of halogens is 1. The Morgan fingerprint density at radius 1 is 1.11 bits per heavy atom. The molecule has 1 aliphatic rings. The normalized spacial score (nSPS) is 14.5. The highest BCUT2D eigenvalue weighted by atomic mass is 19.1. The number of unbranched alkanes of at least 4 members (excludes halogenated alkanes) is 1. The zero-order valence-electron chi connectivity index (χ0n) is 21.2. The van der Waals surface area contributed by atoms with Crippen LogP contribution in [0.15, 0.2) is 42.5 Å². The number of rotatable bonds is 7. The molecule has 1 fully saturated rings. The van der Waals surface area contributed by atoms with Gasteiger partial charge in [-0.15, -0.1) is 0 Å². The predicted octanol–water partition coefficient (Wildman–Crippen LogP) is 5.48. The molecule has 0 unspecified atom stereocenters. The lowest BCUT2D eigenvalue weighted by atomic mass is 9.99. The highest BCUT2D eigenvalue weighted by molar-refractivity contribution is 5.86. The van der Waals surface area contributed by atoms with E-state index in [2.05, 4.69) is 40.2 Å². The molecule has 1 saturated heterocycles. The molecule has 6 nitrogen and oxygen atoms in total. The summed E-state index contributed by atoms with van der Waals surface area (Å²) in [5.74, 6) is 1.63. The first-order valence-electron chi connectivity index (χ1n) is 12.7. The second-order valence-corrected chi connectivity index (χ2v) is 9.50. The Morgan fingerprint density at radius 3 is 2.61 bits per heavy atom. The SMILES string of the molecule is CCCCc1c(C)c(C#N)c2nc3ccccc3n2c1N1CCN(Cc2cc(F)ccc2OC)CC1. The predicted molar refractivity (Wildman–Crippen MR) is 141 cm³/mol. The van der Waals surface area contributed by atoms with Crippen molar-refractivity contribution in [3.63, 3.8) is 0 Å². The maximum Gasteiger partial charge on any atom is 0.157 e. The molecule has 0 spiro atoms. The van der Waals surface area contributed by atoms with Crippen LogP contribution in [0.1, 0.15) is 42.0 Å². The third-order valence-electron chi connectivity index (χ3n) is 7.29. The number of anilines is 1. The van der Waals surface area contributed by atoms with Gasteiger partial charge >= 0.3 is 0 Å². The Morgan fingerprint density at radius 2 is 1.89 bits per heavy atom. The molecule has 0 amide bonds. The number of nitriles is 1. The molecule has 36 heavy (non-hydrogen) atoms. The molecular weight excluding hydrogens is 453 g/mol. The van der Waals surface area contributed by atoms with E-state index < -0.39 is 0 Å². The number of ether oxygens (including phenoxy) is 1. The number of imidazole rings is 1. The van der Waals surface area contributed by atoms with Crippen molar-refractivity contribution in [1.29, 1.82) is 5.26 Å². The smallest absolute Gasteiger partial charge is 0.157 e. The van der Waals surface area contributed by atoms with Crippen LogP contribution >= 0.6 is 0 Å². The van der Waals surface area contributed by atoms with E-state index in [0.29, 0.717) is 12.1 Å². The number of piperazine rings is 1. The average Bonchev–Trinajstić information content (AvgIpc) is 3.27. The van der Waals surface area contributed by atoms with Gasteiger partial charge in [0.05, 0.1) is 23.7 Å². The van der Waals surface area contributed by atoms with Crippen LogP contribution in [0.4, 0.5) is 10.2 Å². The van der Waals surface area contributed by atoms with Gasteiger partial charge in [-0.05, 0) is 61.2 Å². The van der Waals surface area contributed by atoms with E-state index in [0.717, 1.165) is 84.8 Å². The van der Waals surface area contributed by atoms with Gasteiger partial charge in [-0.3, -0.25) is 9.30 Å². The van der Waals surface area contributed by atoms with Crippen molar-refractivity contribution in [3.05, 3.63) is 70.5 Å². The van der Waals surface area contributed by atoms with Crippen molar-refractivity contribution in [3.8, 4) is 11.8 Å². The van der Waals surface area contributed by atoms with Crippen molar-refractivity contribution in [2.45, 2.75) is 39.7 Å². The van der Waals surface area contributed by atoms with Crippen molar-refractivity contribution < 1.29 is 9.13 Å². The minimum absolute atomic E-state index is 0.243. The number of nitrogens with zero attached hydrogens (tertiary/aromatic N) is 5. The number of hydrogen-bond acceptors (Lipinski definition) is 5. The van der Waals surface area contributed by atoms with Crippen molar-refractivity contribution >= 4 is 22.5 Å². The summed E-state index contributed by atoms with van der Waals surface area (Å²) in [4.78, 5) is 9.67. The summed E-state index contributed by atoms with van der Waals surface area (Å²) in [7, 11) is 1.63. The van der Waals surface area contributed by atoms with Gasteiger partial charge in [0.25, 0.3) is 0 Å². The van der Waals surface area contributed by atoms with Crippen molar-refractivity contribution in [2.24, 2.45) is 0 Å². The van der Waals surface area contributed by atoms with Crippen LogP contribution in [0.3, 0.4) is 0 Å². The maximum atomic E-state index is 13.9. The standard InChI is InChI=1S/C29H32FN5O/c1-4-5-8-23-20(2)24(18-31)28-32-25-9-6-7-10-26(25)35(28)29(23)34-15-13-33(14-16-34)19-21-17-22(30)11-12-27(21)36-3/h6-7,9-12,17H,4-5,8,13-16,19H2,1-3H3. The van der Waals surface area contributed by atoms with Crippen LogP contribution in [-0.2, 0) is 13.0 Å². The van der Waals surface area contributed by atoms with Gasteiger partial charge in [-0.25, -0.2) is 9.37 Å². The molecule has 0 atom stereocenters. The lowest BCUT2D eigenvalue weighted by Gasteiger charge is -2.38. The highest BCUT2D eigenvalue weighted by Gasteiger charge is 2.27. The topological polar surface area (TPSA) is 56.8 Å². The van der Waals surface area contributed by atoms with Crippen LogP contribution in [0, 0.1) is 24.1 Å². The number of hydrogen-bond donors (Lipinski definition) is 0. The van der Waals surface area contributed by atoms with Crippen molar-refractivity contribution in [1.82, 2.24) is 14.3 Å². The zero-order valence-corrected chi connectivity index (χ0v) is 21.2. The molecule has 4 aromatic rings. The summed E-state index contributed by atoms with van der Waals surface area (Å²) in [6.45, 7) is 8.28. The molecule has 0 aliphatic carbocycles. The third-order valence-corrected chi connectivity index (χ3v) is 7.29. The Labute approximate surface area is 211 Å². The molecule has 2 aromatic carbocycles. The molecule has 0 N–H and O–H groups in total. The summed E-state index contributed by atoms with van der Waals surface area (Å²) in [6, 6.07) is 15.3. The number of benzene rings is 2. The lowest BCUT2D eigenvalue weighted by Crippen LogP contribution is -2.47. The van der Waals surface area contributed by atoms with Gasteiger partial charge in [0, 0.05) is 38.3 Å². The Balaban J connectivity index is 1.53. The second kappa shape index (κ2) is 10.2. The number of fused-ring (bicyclic) bond motifs is 3. The van der Waals surface area contributed by atoms with E-state index in [1.165, 1.54) is 11.6 Å². The summed E-state index contributed by atoms with van der Waals surface area (Å²) in [5, 5.41) is 10.1. The van der Waals surface area contributed by atoms with E-state index in [1.54, 1.807) is 19.2 Å². The minimum atomic E-state index is -0.243. The van der Waals surface area contributed by atoms with Crippen LogP contribution in [0.5, 0.6) is 5.75 Å². The molecule has 0 bridgehead atoms. The van der Waals surface area contributed by atoms with Crippen LogP contribution < -0.4 is 9.64 Å². The molecule has 5 rings (SSSR count). The fourth-order valence-electron chi connectivity index (χ4n) is 5.38. The average molecular weight is 486 g/mol. The van der Waals surface area contributed by atoms with Gasteiger partial charge in [-0.1, -0.05) is 25.5 Å². The molecule has 0 radical (unpaired) electrons. The third kappa shape index (κ3) is 4.27. The van der Waals surface area contributed by atoms with Gasteiger partial charge in [0.15, 0.2) is 5.65 Å². The molecule has 186 valence electrons. The maximum absolute atomic E-state index is 13.9. The van der Waals surface area contributed by atoms with Crippen LogP contribution in [0.25, 0.3) is 16.7 Å². The Kier molecular flexibility index (Phi) is 6.80. The zero-order chi connectivity index (χ0) is 25.2. The Hall–Kier alpha value is -3.63. The molecule has 3 heterocycles. The molecular formula is C29H32FN5O. The summed E-state index contributed by atoms with van der Waals surface area (Å²) in [6.07, 6.45) is 3.08. The van der Waals surface area contributed by atoms with E-state index in [-0.39, 0.29) is 5.82 Å². The number of para-hydroxylation sites is 2. The summed E-state index contributed by atoms with van der Waals surface area (Å²) in [5.41, 5.74) is 6.48. The summed E-state index contributed by atoms with van der Waals surface area (Å²) >= 11 is 0. The first-order chi connectivity index (χ1) is 17.5. The lowest BCUT2D eigenvalue weighted by molar-refractivity contribution is 0.245. The first-order valence-corrected chi connectivity index (χ1v) is 12.7. The van der Waals surface area contributed by atoms with E-state index >= 15 is 0 Å². The van der Waals surface area contributed by atoms with E-state index in [4.69, 9.17) is 9.72 Å². The largest absolute Gasteiger partial charge is 0.496 e. The van der Waals surface area contributed by atoms with Gasteiger partial charge in [0.1, 0.15) is 23.5 Å². The van der Waals surface area contributed by atoms with E-state index in [9.17, 15) is 9.65 Å². The molecule has 7 heteroatoms. The van der Waals surface area contributed by atoms with Crippen LogP contribution in [-0.4, -0.2) is 47.6 Å². The van der Waals surface area contributed by atoms with Gasteiger partial charge in [-0.2, -0.15) is 5.26 Å². The number of pyridine rings is 1. The summed E-state index contributed by atoms with van der Waals surface area (Å²) < 4.78 is 21.6. The molecule has 2 aromatic heterocycles. The number of methoxy groups -OCH3 is 1. The molecule has 1 aliphatic heterocycles. The van der Waals surface area contributed by atoms with Gasteiger partial charge < -0.3 is 9.64 Å². The number of aromatic nitrogens is 2. The highest BCUT2D eigenvalue weighted by Crippen LogP contribution is 2.35. The van der Waals surface area contributed by atoms with Crippen molar-refractivity contribution in [2.75, 3.05) is 38.2 Å². The first kappa shape index (κ1) is 24.1. The fraction of sp³-hybridized carbons (Fsp3) is 0.379.